The molecule has 29 heavy (non-hydrogen) atoms. The monoisotopic (exact) mass is 410 g/mol. The van der Waals surface area contributed by atoms with Crippen molar-refractivity contribution in [3.8, 4) is 0 Å². The molecule has 2 rings (SSSR count). The lowest BCUT2D eigenvalue weighted by atomic mass is 9.98. The quantitative estimate of drug-likeness (QED) is 0.419. The van der Waals surface area contributed by atoms with E-state index in [1.54, 1.807) is 24.3 Å². The van der Waals surface area contributed by atoms with Gasteiger partial charge in [-0.05, 0) is 25.0 Å². The predicted octanol–water partition coefficient (Wildman–Crippen LogP) is 2.95. The van der Waals surface area contributed by atoms with Crippen LogP contribution < -0.4 is 0 Å². The molecule has 1 aliphatic rings. The molecule has 1 fully saturated rings. The van der Waals surface area contributed by atoms with Crippen LogP contribution in [0.2, 0.25) is 0 Å². The van der Waals surface area contributed by atoms with Crippen LogP contribution in [-0.4, -0.2) is 68.7 Å². The SMILES string of the molecule is CCCCOCC1O[C@@H](OC)C(OCCCC)C(O)[C@H]1OC(=O)c1ccccc1. The van der Waals surface area contributed by atoms with E-state index in [-0.39, 0.29) is 6.61 Å². The van der Waals surface area contributed by atoms with Crippen LogP contribution in [0.4, 0.5) is 0 Å². The van der Waals surface area contributed by atoms with Gasteiger partial charge in [-0.15, -0.1) is 0 Å². The van der Waals surface area contributed by atoms with Crippen molar-refractivity contribution in [2.75, 3.05) is 26.9 Å². The zero-order chi connectivity index (χ0) is 21.1. The number of rotatable bonds is 12. The van der Waals surface area contributed by atoms with E-state index in [4.69, 9.17) is 23.7 Å². The lowest BCUT2D eigenvalue weighted by molar-refractivity contribution is -0.304. The number of methoxy groups -OCH3 is 1. The van der Waals surface area contributed by atoms with Crippen molar-refractivity contribution < 1.29 is 33.6 Å². The molecule has 1 aliphatic heterocycles. The summed E-state index contributed by atoms with van der Waals surface area (Å²) in [4.78, 5) is 12.6. The fraction of sp³-hybridized carbons (Fsp3) is 0.682. The molecule has 1 N–H and O–H groups in total. The summed E-state index contributed by atoms with van der Waals surface area (Å²) in [6.45, 7) is 5.34. The number of benzene rings is 1. The molecule has 1 aromatic carbocycles. The Kier molecular flexibility index (Phi) is 10.6. The molecule has 164 valence electrons. The number of carbonyl (C=O) groups is 1. The van der Waals surface area contributed by atoms with Crippen LogP contribution in [0.5, 0.6) is 0 Å². The summed E-state index contributed by atoms with van der Waals surface area (Å²) in [5.41, 5.74) is 0.405. The molecule has 0 aliphatic carbocycles. The molecule has 7 heteroatoms. The minimum absolute atomic E-state index is 0.186. The Balaban J connectivity index is 2.12. The van der Waals surface area contributed by atoms with E-state index in [1.807, 2.05) is 6.07 Å². The van der Waals surface area contributed by atoms with Crippen molar-refractivity contribution in [1.82, 2.24) is 0 Å². The highest BCUT2D eigenvalue weighted by Gasteiger charge is 2.48. The maximum absolute atomic E-state index is 12.6. The predicted molar refractivity (Wildman–Crippen MR) is 108 cm³/mol. The second kappa shape index (κ2) is 12.9. The molecule has 0 amide bonds. The normalized spacial score (nSPS) is 27.0. The molecule has 0 saturated carbocycles. The molecule has 0 spiro atoms. The van der Waals surface area contributed by atoms with E-state index in [0.29, 0.717) is 18.8 Å². The summed E-state index contributed by atoms with van der Waals surface area (Å²) in [6, 6.07) is 8.66. The van der Waals surface area contributed by atoms with E-state index in [1.165, 1.54) is 7.11 Å². The Hall–Kier alpha value is -1.51. The molecular formula is C22H34O7. The molecule has 1 saturated heterocycles. The van der Waals surface area contributed by atoms with Crippen molar-refractivity contribution in [3.63, 3.8) is 0 Å². The van der Waals surface area contributed by atoms with Crippen molar-refractivity contribution in [1.29, 1.82) is 0 Å². The number of unbranched alkanes of at least 4 members (excludes halogenated alkanes) is 2. The third kappa shape index (κ3) is 7.04. The van der Waals surface area contributed by atoms with Crippen LogP contribution in [0.25, 0.3) is 0 Å². The second-order valence-corrected chi connectivity index (χ2v) is 7.12. The number of aliphatic hydroxyl groups is 1. The van der Waals surface area contributed by atoms with E-state index in [0.717, 1.165) is 25.7 Å². The second-order valence-electron chi connectivity index (χ2n) is 7.12. The highest BCUT2D eigenvalue weighted by Crippen LogP contribution is 2.27. The molecule has 0 bridgehead atoms. The van der Waals surface area contributed by atoms with Crippen LogP contribution in [-0.2, 0) is 23.7 Å². The number of hydrogen-bond acceptors (Lipinski definition) is 7. The fourth-order valence-corrected chi connectivity index (χ4v) is 3.12. The van der Waals surface area contributed by atoms with Crippen LogP contribution >= 0.6 is 0 Å². The third-order valence-electron chi connectivity index (χ3n) is 4.83. The van der Waals surface area contributed by atoms with E-state index in [9.17, 15) is 9.90 Å². The van der Waals surface area contributed by atoms with Gasteiger partial charge >= 0.3 is 5.97 Å². The molecule has 7 nitrogen and oxygen atoms in total. The van der Waals surface area contributed by atoms with E-state index in [2.05, 4.69) is 13.8 Å². The third-order valence-corrected chi connectivity index (χ3v) is 4.83. The number of hydrogen-bond donors (Lipinski definition) is 1. The number of aliphatic hydroxyl groups excluding tert-OH is 1. The topological polar surface area (TPSA) is 83.5 Å². The summed E-state index contributed by atoms with van der Waals surface area (Å²) >= 11 is 0. The highest BCUT2D eigenvalue weighted by atomic mass is 16.7. The van der Waals surface area contributed by atoms with Crippen LogP contribution in [0.15, 0.2) is 30.3 Å². The smallest absolute Gasteiger partial charge is 0.338 e. The molecule has 0 aromatic heterocycles. The van der Waals surface area contributed by atoms with E-state index < -0.39 is 36.7 Å². The van der Waals surface area contributed by atoms with Crippen molar-refractivity contribution in [2.45, 2.75) is 70.2 Å². The lowest BCUT2D eigenvalue weighted by Crippen LogP contribution is -2.61. The number of carbonyl (C=O) groups excluding carboxylic acids is 1. The Morgan fingerprint density at radius 2 is 1.76 bits per heavy atom. The van der Waals surface area contributed by atoms with Crippen LogP contribution in [0.1, 0.15) is 49.9 Å². The van der Waals surface area contributed by atoms with Crippen molar-refractivity contribution in [3.05, 3.63) is 35.9 Å². The first-order valence-corrected chi connectivity index (χ1v) is 10.4. The molecule has 5 atom stereocenters. The zero-order valence-electron chi connectivity index (χ0n) is 17.6. The van der Waals surface area contributed by atoms with Gasteiger partial charge < -0.3 is 28.8 Å². The molecule has 3 unspecified atom stereocenters. The van der Waals surface area contributed by atoms with Gasteiger partial charge in [0.25, 0.3) is 0 Å². The zero-order valence-corrected chi connectivity index (χ0v) is 17.6. The van der Waals surface area contributed by atoms with Gasteiger partial charge in [-0.2, -0.15) is 0 Å². The summed E-state index contributed by atoms with van der Waals surface area (Å²) in [5, 5.41) is 11.0. The van der Waals surface area contributed by atoms with Crippen LogP contribution in [0.3, 0.4) is 0 Å². The maximum Gasteiger partial charge on any atom is 0.338 e. The standard InChI is InChI=1S/C22H34O7/c1-4-6-13-26-15-17-19(29-21(24)16-11-9-8-10-12-16)18(23)20(22(25-3)28-17)27-14-7-5-2/h8-12,17-20,22-23H,4-7,13-15H2,1-3H3/t17?,18?,19-,20?,22+/m0/s1. The highest BCUT2D eigenvalue weighted by molar-refractivity contribution is 5.89. The van der Waals surface area contributed by atoms with Gasteiger partial charge in [0.15, 0.2) is 12.4 Å². The molecule has 0 radical (unpaired) electrons. The van der Waals surface area contributed by atoms with Gasteiger partial charge in [0.2, 0.25) is 0 Å². The first kappa shape index (κ1) is 23.8. The largest absolute Gasteiger partial charge is 0.453 e. The Morgan fingerprint density at radius 1 is 1.07 bits per heavy atom. The van der Waals surface area contributed by atoms with Crippen molar-refractivity contribution >= 4 is 5.97 Å². The van der Waals surface area contributed by atoms with Gasteiger partial charge in [-0.25, -0.2) is 4.79 Å². The fourth-order valence-electron chi connectivity index (χ4n) is 3.12. The molecular weight excluding hydrogens is 376 g/mol. The van der Waals surface area contributed by atoms with E-state index >= 15 is 0 Å². The summed E-state index contributed by atoms with van der Waals surface area (Å²) in [5.74, 6) is -0.528. The summed E-state index contributed by atoms with van der Waals surface area (Å²) < 4.78 is 28.5. The summed E-state index contributed by atoms with van der Waals surface area (Å²) in [7, 11) is 1.50. The lowest BCUT2D eigenvalue weighted by Gasteiger charge is -2.43. The van der Waals surface area contributed by atoms with Gasteiger partial charge in [0, 0.05) is 20.3 Å². The Bertz CT molecular complexity index is 578. The minimum Gasteiger partial charge on any atom is -0.453 e. The first-order chi connectivity index (χ1) is 14.1. The van der Waals surface area contributed by atoms with Crippen LogP contribution in [0, 0.1) is 0 Å². The van der Waals surface area contributed by atoms with Gasteiger partial charge in [-0.1, -0.05) is 44.9 Å². The summed E-state index contributed by atoms with van der Waals surface area (Å²) in [6.07, 6.45) is -0.486. The van der Waals surface area contributed by atoms with Crippen molar-refractivity contribution in [2.24, 2.45) is 0 Å². The van der Waals surface area contributed by atoms with Gasteiger partial charge in [0.05, 0.1) is 12.2 Å². The van der Waals surface area contributed by atoms with Gasteiger partial charge in [0.1, 0.15) is 18.3 Å². The maximum atomic E-state index is 12.6. The number of esters is 1. The van der Waals surface area contributed by atoms with Gasteiger partial charge in [-0.3, -0.25) is 0 Å². The number of ether oxygens (including phenoxy) is 5. The minimum atomic E-state index is -1.10. The Labute approximate surface area is 173 Å². The molecule has 1 heterocycles. The Morgan fingerprint density at radius 3 is 2.41 bits per heavy atom. The average Bonchev–Trinajstić information content (AvgIpc) is 2.75. The first-order valence-electron chi connectivity index (χ1n) is 10.4. The molecule has 1 aromatic rings. The average molecular weight is 411 g/mol.